The second kappa shape index (κ2) is 4.33. The van der Waals surface area contributed by atoms with Crippen LogP contribution in [0, 0.1) is 20.8 Å². The summed E-state index contributed by atoms with van der Waals surface area (Å²) in [5.41, 5.74) is 2.14. The topological polar surface area (TPSA) is 55.1 Å². The molecule has 0 fully saturated rings. The molecule has 2 aromatic heterocycles. The predicted molar refractivity (Wildman–Crippen MR) is 66.8 cm³/mol. The van der Waals surface area contributed by atoms with Crippen LogP contribution in [0.15, 0.2) is 12.3 Å². The Balaban J connectivity index is 2.33. The molecule has 5 heteroatoms. The Bertz CT molecular complexity index is 550. The maximum absolute atomic E-state index is 11.1. The van der Waals surface area contributed by atoms with Gasteiger partial charge in [0, 0.05) is 11.1 Å². The molecule has 1 N–H and O–H groups in total. The Morgan fingerprint density at radius 3 is 2.71 bits per heavy atom. The molecule has 0 spiro atoms. The van der Waals surface area contributed by atoms with Crippen LogP contribution >= 0.6 is 11.3 Å². The van der Waals surface area contributed by atoms with Crippen molar-refractivity contribution in [3.63, 3.8) is 0 Å². The van der Waals surface area contributed by atoms with Gasteiger partial charge < -0.3 is 9.67 Å². The first-order valence-corrected chi connectivity index (χ1v) is 6.12. The van der Waals surface area contributed by atoms with E-state index in [1.54, 1.807) is 29.0 Å². The van der Waals surface area contributed by atoms with Crippen molar-refractivity contribution >= 4 is 17.3 Å². The number of carboxylic acid groups (broad SMARTS) is 1. The molecule has 0 amide bonds. The summed E-state index contributed by atoms with van der Waals surface area (Å²) in [5, 5.41) is 10.1. The quantitative estimate of drug-likeness (QED) is 0.911. The summed E-state index contributed by atoms with van der Waals surface area (Å²) in [6.45, 7) is 6.32. The van der Waals surface area contributed by atoms with Gasteiger partial charge >= 0.3 is 5.97 Å². The molecule has 4 nitrogen and oxygen atoms in total. The molecule has 0 saturated heterocycles. The number of hydrogen-bond acceptors (Lipinski definition) is 3. The van der Waals surface area contributed by atoms with Gasteiger partial charge in [0.15, 0.2) is 0 Å². The van der Waals surface area contributed by atoms with E-state index >= 15 is 0 Å². The molecule has 0 bridgehead atoms. The number of nitrogens with zero attached hydrogens (tertiary/aromatic N) is 2. The maximum Gasteiger partial charge on any atom is 0.352 e. The predicted octanol–water partition coefficient (Wildman–Crippen LogP) is 2.62. The number of rotatable bonds is 3. The summed E-state index contributed by atoms with van der Waals surface area (Å²) in [6, 6.07) is 1.82. The fraction of sp³-hybridized carbons (Fsp3) is 0.333. The highest BCUT2D eigenvalue weighted by Gasteiger charge is 2.14. The summed E-state index contributed by atoms with van der Waals surface area (Å²) in [5.74, 6) is -0.891. The molecular formula is C12H14N2O2S. The van der Waals surface area contributed by atoms with Crippen molar-refractivity contribution in [2.24, 2.45) is 0 Å². The average Bonchev–Trinajstić information content (AvgIpc) is 2.72. The molecule has 2 aromatic rings. The summed E-state index contributed by atoms with van der Waals surface area (Å²) in [4.78, 5) is 16.7. The summed E-state index contributed by atoms with van der Waals surface area (Å²) < 4.78 is 1.73. The molecule has 0 aromatic carbocycles. The Hall–Kier alpha value is -1.62. The third-order valence-electron chi connectivity index (χ3n) is 2.75. The van der Waals surface area contributed by atoms with Crippen molar-refractivity contribution in [1.82, 2.24) is 9.55 Å². The van der Waals surface area contributed by atoms with Gasteiger partial charge in [0.1, 0.15) is 10.7 Å². The van der Waals surface area contributed by atoms with Crippen LogP contribution in [0.1, 0.15) is 31.6 Å². The normalized spacial score (nSPS) is 10.8. The zero-order chi connectivity index (χ0) is 12.6. The summed E-state index contributed by atoms with van der Waals surface area (Å²) >= 11 is 1.61. The maximum atomic E-state index is 11.1. The van der Waals surface area contributed by atoms with Crippen molar-refractivity contribution in [3.05, 3.63) is 39.1 Å². The molecule has 0 unspecified atom stereocenters. The van der Waals surface area contributed by atoms with Gasteiger partial charge in [-0.2, -0.15) is 0 Å². The van der Waals surface area contributed by atoms with Crippen LogP contribution in [0.25, 0.3) is 0 Å². The Labute approximate surface area is 104 Å². The van der Waals surface area contributed by atoms with Crippen molar-refractivity contribution in [2.45, 2.75) is 27.3 Å². The lowest BCUT2D eigenvalue weighted by Crippen LogP contribution is -2.09. The SMILES string of the molecule is Cc1ccn(Cc2nc(C)c(C)s2)c1C(=O)O. The van der Waals surface area contributed by atoms with E-state index in [2.05, 4.69) is 4.98 Å². The highest BCUT2D eigenvalue weighted by Crippen LogP contribution is 2.19. The minimum Gasteiger partial charge on any atom is -0.477 e. The zero-order valence-electron chi connectivity index (χ0n) is 10.0. The van der Waals surface area contributed by atoms with Crippen LogP contribution in [0.3, 0.4) is 0 Å². The van der Waals surface area contributed by atoms with Gasteiger partial charge in [-0.3, -0.25) is 0 Å². The lowest BCUT2D eigenvalue weighted by atomic mass is 10.3. The van der Waals surface area contributed by atoms with Crippen LogP contribution in [0.4, 0.5) is 0 Å². The van der Waals surface area contributed by atoms with Gasteiger partial charge in [0.25, 0.3) is 0 Å². The standard InChI is InChI=1S/C12H14N2O2S/c1-7-4-5-14(11(7)12(15)16)6-10-13-8(2)9(3)17-10/h4-5H,6H2,1-3H3,(H,15,16). The van der Waals surface area contributed by atoms with Gasteiger partial charge in [-0.25, -0.2) is 9.78 Å². The minimum absolute atomic E-state index is 0.343. The van der Waals surface area contributed by atoms with Crippen LogP contribution in [-0.2, 0) is 6.54 Å². The first-order chi connectivity index (χ1) is 7.99. The monoisotopic (exact) mass is 250 g/mol. The lowest BCUT2D eigenvalue weighted by molar-refractivity contribution is 0.0685. The molecular weight excluding hydrogens is 236 g/mol. The minimum atomic E-state index is -0.891. The third-order valence-corrected chi connectivity index (χ3v) is 3.80. The smallest absolute Gasteiger partial charge is 0.352 e. The van der Waals surface area contributed by atoms with Gasteiger partial charge in [-0.1, -0.05) is 0 Å². The first-order valence-electron chi connectivity index (χ1n) is 5.31. The van der Waals surface area contributed by atoms with Crippen LogP contribution < -0.4 is 0 Å². The fourth-order valence-electron chi connectivity index (χ4n) is 1.76. The van der Waals surface area contributed by atoms with Gasteiger partial charge in [-0.05, 0) is 32.4 Å². The van der Waals surface area contributed by atoms with Gasteiger partial charge in [0.05, 0.1) is 12.2 Å². The van der Waals surface area contributed by atoms with E-state index in [0.717, 1.165) is 16.3 Å². The van der Waals surface area contributed by atoms with E-state index in [0.29, 0.717) is 12.2 Å². The largest absolute Gasteiger partial charge is 0.477 e. The number of thiazole rings is 1. The molecule has 0 aliphatic rings. The van der Waals surface area contributed by atoms with Crippen LogP contribution in [0.5, 0.6) is 0 Å². The zero-order valence-corrected chi connectivity index (χ0v) is 10.8. The number of aromatic nitrogens is 2. The first kappa shape index (κ1) is 11.9. The van der Waals surface area contributed by atoms with Crippen molar-refractivity contribution in [1.29, 1.82) is 0 Å². The van der Waals surface area contributed by atoms with Crippen molar-refractivity contribution in [3.8, 4) is 0 Å². The van der Waals surface area contributed by atoms with Gasteiger partial charge in [0.2, 0.25) is 0 Å². The Kier molecular flexibility index (Phi) is 3.02. The Morgan fingerprint density at radius 2 is 2.18 bits per heavy atom. The molecule has 2 rings (SSSR count). The Morgan fingerprint density at radius 1 is 1.47 bits per heavy atom. The van der Waals surface area contributed by atoms with Crippen molar-refractivity contribution in [2.75, 3.05) is 0 Å². The van der Waals surface area contributed by atoms with Gasteiger partial charge in [-0.15, -0.1) is 11.3 Å². The number of carboxylic acids is 1. The summed E-state index contributed by atoms with van der Waals surface area (Å²) in [6.07, 6.45) is 1.80. The fourth-order valence-corrected chi connectivity index (χ4v) is 2.69. The van der Waals surface area contributed by atoms with E-state index in [1.807, 2.05) is 19.9 Å². The van der Waals surface area contributed by atoms with E-state index in [4.69, 9.17) is 5.11 Å². The van der Waals surface area contributed by atoms with Crippen molar-refractivity contribution < 1.29 is 9.90 Å². The van der Waals surface area contributed by atoms with E-state index in [1.165, 1.54) is 4.88 Å². The molecule has 0 saturated carbocycles. The number of aryl methyl sites for hydroxylation is 3. The average molecular weight is 250 g/mol. The second-order valence-electron chi connectivity index (χ2n) is 4.03. The molecule has 0 aliphatic heterocycles. The number of aromatic carboxylic acids is 1. The summed E-state index contributed by atoms with van der Waals surface area (Å²) in [7, 11) is 0. The molecule has 90 valence electrons. The molecule has 0 aliphatic carbocycles. The molecule has 2 heterocycles. The van der Waals surface area contributed by atoms with E-state index in [-0.39, 0.29) is 0 Å². The van der Waals surface area contributed by atoms with Crippen LogP contribution in [0.2, 0.25) is 0 Å². The van der Waals surface area contributed by atoms with E-state index in [9.17, 15) is 4.79 Å². The lowest BCUT2D eigenvalue weighted by Gasteiger charge is -2.04. The third kappa shape index (κ3) is 2.24. The number of hydrogen-bond donors (Lipinski definition) is 1. The molecule has 17 heavy (non-hydrogen) atoms. The molecule has 0 radical (unpaired) electrons. The number of carbonyl (C=O) groups is 1. The van der Waals surface area contributed by atoms with Crippen LogP contribution in [-0.4, -0.2) is 20.6 Å². The second-order valence-corrected chi connectivity index (χ2v) is 5.32. The highest BCUT2D eigenvalue weighted by molar-refractivity contribution is 7.11. The molecule has 0 atom stereocenters. The van der Waals surface area contributed by atoms with E-state index < -0.39 is 5.97 Å². The highest BCUT2D eigenvalue weighted by atomic mass is 32.1.